The molecule has 2 N–H and O–H groups in total. The van der Waals surface area contributed by atoms with Crippen LogP contribution in [0.1, 0.15) is 29.4 Å². The van der Waals surface area contributed by atoms with Gasteiger partial charge in [0.25, 0.3) is 0 Å². The third-order valence-corrected chi connectivity index (χ3v) is 3.39. The Hall–Kier alpha value is -2.53. The second kappa shape index (κ2) is 8.80. The number of carbonyl (C=O) groups excluding carboxylic acids is 2. The van der Waals surface area contributed by atoms with E-state index in [0.717, 1.165) is 18.7 Å². The fraction of sp³-hybridized carbons (Fsp3) is 0.278. The van der Waals surface area contributed by atoms with Gasteiger partial charge in [-0.15, -0.1) is 0 Å². The summed E-state index contributed by atoms with van der Waals surface area (Å²) in [4.78, 5) is 27.7. The van der Waals surface area contributed by atoms with E-state index in [1.807, 2.05) is 18.2 Å². The quantitative estimate of drug-likeness (QED) is 0.580. The number of benzene rings is 1. The van der Waals surface area contributed by atoms with Crippen LogP contribution in [0.5, 0.6) is 0 Å². The Labute approximate surface area is 136 Å². The zero-order valence-corrected chi connectivity index (χ0v) is 13.2. The zero-order valence-electron chi connectivity index (χ0n) is 13.2. The second-order valence-electron chi connectivity index (χ2n) is 5.22. The molecule has 5 nitrogen and oxygen atoms in total. The number of hydrogen-bond donors (Lipinski definition) is 2. The van der Waals surface area contributed by atoms with Crippen LogP contribution in [0.2, 0.25) is 0 Å². The van der Waals surface area contributed by atoms with Crippen molar-refractivity contribution in [3.63, 3.8) is 0 Å². The molecule has 0 bridgehead atoms. The Morgan fingerprint density at radius 1 is 1.04 bits per heavy atom. The van der Waals surface area contributed by atoms with Gasteiger partial charge in [0, 0.05) is 43.4 Å². The molecule has 2 aromatic rings. The van der Waals surface area contributed by atoms with Gasteiger partial charge >= 0.3 is 0 Å². The molecule has 120 valence electrons. The van der Waals surface area contributed by atoms with Crippen molar-refractivity contribution in [3.8, 4) is 0 Å². The lowest BCUT2D eigenvalue weighted by molar-refractivity contribution is -0.116. The lowest BCUT2D eigenvalue weighted by Crippen LogP contribution is -2.24. The number of anilines is 1. The van der Waals surface area contributed by atoms with Gasteiger partial charge in [-0.05, 0) is 31.2 Å². The molecule has 0 aliphatic heterocycles. The van der Waals surface area contributed by atoms with Gasteiger partial charge in [0.2, 0.25) is 5.91 Å². The van der Waals surface area contributed by atoms with Gasteiger partial charge in [-0.2, -0.15) is 0 Å². The van der Waals surface area contributed by atoms with Crippen LogP contribution in [0.4, 0.5) is 5.69 Å². The van der Waals surface area contributed by atoms with Crippen LogP contribution in [0.15, 0.2) is 48.7 Å². The van der Waals surface area contributed by atoms with Gasteiger partial charge in [0.1, 0.15) is 0 Å². The highest BCUT2D eigenvalue weighted by Crippen LogP contribution is 2.15. The minimum Gasteiger partial charge on any atom is -0.325 e. The van der Waals surface area contributed by atoms with Crippen molar-refractivity contribution >= 4 is 17.4 Å². The SMILES string of the molecule is CC(=O)c1ccccc1NC(=O)CCNCCc1ccccn1. The predicted molar refractivity (Wildman–Crippen MR) is 90.5 cm³/mol. The topological polar surface area (TPSA) is 71.1 Å². The maximum atomic E-state index is 11.9. The molecule has 1 heterocycles. The van der Waals surface area contributed by atoms with Crippen LogP contribution >= 0.6 is 0 Å². The van der Waals surface area contributed by atoms with Gasteiger partial charge in [-0.25, -0.2) is 0 Å². The van der Waals surface area contributed by atoms with Crippen molar-refractivity contribution in [1.82, 2.24) is 10.3 Å². The Bertz CT molecular complexity index is 656. The number of carbonyl (C=O) groups is 2. The third-order valence-electron chi connectivity index (χ3n) is 3.39. The first kappa shape index (κ1) is 16.8. The van der Waals surface area contributed by atoms with Crippen molar-refractivity contribution < 1.29 is 9.59 Å². The molecule has 0 aliphatic rings. The van der Waals surface area contributed by atoms with Crippen LogP contribution in [-0.2, 0) is 11.2 Å². The van der Waals surface area contributed by atoms with Crippen molar-refractivity contribution in [2.24, 2.45) is 0 Å². The molecule has 2 rings (SSSR count). The number of para-hydroxylation sites is 1. The number of nitrogens with one attached hydrogen (secondary N) is 2. The van der Waals surface area contributed by atoms with E-state index in [0.29, 0.717) is 24.2 Å². The van der Waals surface area contributed by atoms with E-state index < -0.39 is 0 Å². The smallest absolute Gasteiger partial charge is 0.225 e. The normalized spacial score (nSPS) is 10.3. The minimum atomic E-state index is -0.107. The van der Waals surface area contributed by atoms with E-state index in [4.69, 9.17) is 0 Å². The molecule has 0 atom stereocenters. The molecule has 0 unspecified atom stereocenters. The number of nitrogens with zero attached hydrogens (tertiary/aromatic N) is 1. The molecule has 0 radical (unpaired) electrons. The van der Waals surface area contributed by atoms with Gasteiger partial charge in [-0.1, -0.05) is 18.2 Å². The van der Waals surface area contributed by atoms with E-state index in [9.17, 15) is 9.59 Å². The lowest BCUT2D eigenvalue weighted by Gasteiger charge is -2.09. The number of amides is 1. The van der Waals surface area contributed by atoms with Crippen LogP contribution in [0.25, 0.3) is 0 Å². The van der Waals surface area contributed by atoms with Crippen LogP contribution in [-0.4, -0.2) is 29.8 Å². The van der Waals surface area contributed by atoms with E-state index in [1.54, 1.807) is 30.5 Å². The predicted octanol–water partition coefficient (Wildman–Crippen LogP) is 2.45. The molecule has 0 spiro atoms. The number of ketones is 1. The zero-order chi connectivity index (χ0) is 16.5. The molecule has 0 saturated heterocycles. The minimum absolute atomic E-state index is 0.0608. The summed E-state index contributed by atoms with van der Waals surface area (Å²) in [5.41, 5.74) is 2.13. The molecular weight excluding hydrogens is 290 g/mol. The summed E-state index contributed by atoms with van der Waals surface area (Å²) < 4.78 is 0. The summed E-state index contributed by atoms with van der Waals surface area (Å²) in [6.07, 6.45) is 2.96. The summed E-state index contributed by atoms with van der Waals surface area (Å²) in [6, 6.07) is 12.9. The molecule has 1 aromatic heterocycles. The highest BCUT2D eigenvalue weighted by molar-refractivity contribution is 6.03. The third kappa shape index (κ3) is 5.64. The number of hydrogen-bond acceptors (Lipinski definition) is 4. The van der Waals surface area contributed by atoms with Crippen molar-refractivity contribution in [1.29, 1.82) is 0 Å². The summed E-state index contributed by atoms with van der Waals surface area (Å²) in [6.45, 7) is 2.85. The van der Waals surface area contributed by atoms with Gasteiger partial charge in [0.05, 0.1) is 5.69 Å². The van der Waals surface area contributed by atoms with E-state index >= 15 is 0 Å². The van der Waals surface area contributed by atoms with Gasteiger partial charge in [0.15, 0.2) is 5.78 Å². The average molecular weight is 311 g/mol. The Morgan fingerprint density at radius 2 is 1.83 bits per heavy atom. The lowest BCUT2D eigenvalue weighted by atomic mass is 10.1. The first-order valence-electron chi connectivity index (χ1n) is 7.67. The maximum Gasteiger partial charge on any atom is 0.225 e. The van der Waals surface area contributed by atoms with Gasteiger partial charge in [-0.3, -0.25) is 14.6 Å². The molecule has 1 amide bonds. The fourth-order valence-corrected chi connectivity index (χ4v) is 2.20. The maximum absolute atomic E-state index is 11.9. The Morgan fingerprint density at radius 3 is 2.57 bits per heavy atom. The first-order chi connectivity index (χ1) is 11.2. The van der Waals surface area contributed by atoms with Crippen molar-refractivity contribution in [2.75, 3.05) is 18.4 Å². The summed E-state index contributed by atoms with van der Waals surface area (Å²) in [7, 11) is 0. The van der Waals surface area contributed by atoms with E-state index in [-0.39, 0.29) is 11.7 Å². The Kier molecular flexibility index (Phi) is 6.44. The largest absolute Gasteiger partial charge is 0.325 e. The van der Waals surface area contributed by atoms with Crippen LogP contribution in [0.3, 0.4) is 0 Å². The van der Waals surface area contributed by atoms with E-state index in [1.165, 1.54) is 6.92 Å². The molecular formula is C18H21N3O2. The molecule has 5 heteroatoms. The van der Waals surface area contributed by atoms with Crippen molar-refractivity contribution in [2.45, 2.75) is 19.8 Å². The summed E-state index contributed by atoms with van der Waals surface area (Å²) >= 11 is 0. The standard InChI is InChI=1S/C18H21N3O2/c1-14(22)16-7-2-3-8-17(16)21-18(23)10-13-19-12-9-15-6-4-5-11-20-15/h2-8,11,19H,9-10,12-13H2,1H3,(H,21,23). The molecule has 0 fully saturated rings. The van der Waals surface area contributed by atoms with E-state index in [2.05, 4.69) is 15.6 Å². The molecule has 0 saturated carbocycles. The first-order valence-corrected chi connectivity index (χ1v) is 7.67. The van der Waals surface area contributed by atoms with Crippen molar-refractivity contribution in [3.05, 3.63) is 59.9 Å². The van der Waals surface area contributed by atoms with Crippen LogP contribution < -0.4 is 10.6 Å². The number of Topliss-reactive ketones (excluding diaryl/α,β-unsaturated/α-hetero) is 1. The average Bonchev–Trinajstić information content (AvgIpc) is 2.56. The van der Waals surface area contributed by atoms with Crippen LogP contribution in [0, 0.1) is 0 Å². The highest BCUT2D eigenvalue weighted by Gasteiger charge is 2.09. The molecule has 1 aromatic carbocycles. The summed E-state index contributed by atoms with van der Waals surface area (Å²) in [5.74, 6) is -0.168. The number of aromatic nitrogens is 1. The molecule has 23 heavy (non-hydrogen) atoms. The number of pyridine rings is 1. The number of rotatable bonds is 8. The van der Waals surface area contributed by atoms with Gasteiger partial charge < -0.3 is 10.6 Å². The fourth-order valence-electron chi connectivity index (χ4n) is 2.20. The summed E-state index contributed by atoms with van der Waals surface area (Å²) in [5, 5.41) is 6.01. The monoisotopic (exact) mass is 311 g/mol. The second-order valence-corrected chi connectivity index (χ2v) is 5.22. The Balaban J connectivity index is 1.70. The highest BCUT2D eigenvalue weighted by atomic mass is 16.1. The molecule has 0 aliphatic carbocycles.